The maximum atomic E-state index is 13.9. The lowest BCUT2D eigenvalue weighted by atomic mass is 10.1. The van der Waals surface area contributed by atoms with Crippen molar-refractivity contribution in [2.45, 2.75) is 50.8 Å². The van der Waals surface area contributed by atoms with Gasteiger partial charge in [-0.1, -0.05) is 30.7 Å². The summed E-state index contributed by atoms with van der Waals surface area (Å²) in [4.78, 5) is 17.9. The summed E-state index contributed by atoms with van der Waals surface area (Å²) >= 11 is 0. The summed E-state index contributed by atoms with van der Waals surface area (Å²) < 4.78 is 29.3. The smallest absolute Gasteiger partial charge is 0.272 e. The molecule has 0 radical (unpaired) electrons. The Labute approximate surface area is 178 Å². The number of fused-ring (bicyclic) bond motifs is 2. The van der Waals surface area contributed by atoms with Crippen LogP contribution in [0, 0.1) is 11.6 Å². The molecule has 5 rings (SSSR count). The Kier molecular flexibility index (Phi) is 5.06. The van der Waals surface area contributed by atoms with E-state index in [9.17, 15) is 18.7 Å². The number of nitrogens with one attached hydrogen (secondary N) is 1. The van der Waals surface area contributed by atoms with Gasteiger partial charge in [0.05, 0.1) is 17.8 Å². The molecule has 0 saturated heterocycles. The molecule has 160 valence electrons. The van der Waals surface area contributed by atoms with Crippen LogP contribution in [-0.2, 0) is 19.4 Å². The van der Waals surface area contributed by atoms with E-state index in [0.717, 1.165) is 48.2 Å². The van der Waals surface area contributed by atoms with Crippen molar-refractivity contribution >= 4 is 5.91 Å². The van der Waals surface area contributed by atoms with Crippen molar-refractivity contribution in [2.24, 2.45) is 0 Å². The molecule has 0 spiro atoms. The number of halogens is 2. The van der Waals surface area contributed by atoms with Crippen LogP contribution in [0.4, 0.5) is 8.78 Å². The fraction of sp³-hybridized carbons (Fsp3) is 0.333. The molecular weight excluding hydrogens is 400 g/mol. The molecule has 2 aliphatic rings. The first kappa shape index (κ1) is 19.9. The van der Waals surface area contributed by atoms with Crippen molar-refractivity contribution < 1.29 is 18.7 Å². The normalized spacial score (nSPS) is 20.1. The zero-order chi connectivity index (χ0) is 21.5. The number of aromatic nitrogens is 2. The summed E-state index contributed by atoms with van der Waals surface area (Å²) in [7, 11) is 0. The molecule has 2 aromatic carbocycles. The third-order valence-electron chi connectivity index (χ3n) is 6.25. The van der Waals surface area contributed by atoms with Crippen molar-refractivity contribution in [3.63, 3.8) is 0 Å². The molecular formula is C24H23F2N3O2. The van der Waals surface area contributed by atoms with Crippen LogP contribution in [-0.4, -0.2) is 26.7 Å². The number of imidazole rings is 1. The van der Waals surface area contributed by atoms with E-state index in [4.69, 9.17) is 0 Å². The second-order valence-electron chi connectivity index (χ2n) is 8.24. The summed E-state index contributed by atoms with van der Waals surface area (Å²) in [5.41, 5.74) is 3.46. The molecule has 0 saturated carbocycles. The van der Waals surface area contributed by atoms with E-state index >= 15 is 0 Å². The molecule has 0 fully saturated rings. The Morgan fingerprint density at radius 1 is 1.10 bits per heavy atom. The average molecular weight is 423 g/mol. The highest BCUT2D eigenvalue weighted by Crippen LogP contribution is 2.33. The molecule has 2 heterocycles. The first-order valence-corrected chi connectivity index (χ1v) is 10.6. The summed E-state index contributed by atoms with van der Waals surface area (Å²) in [6.07, 6.45) is 3.35. The maximum absolute atomic E-state index is 13.9. The second-order valence-corrected chi connectivity index (χ2v) is 8.24. The van der Waals surface area contributed by atoms with Gasteiger partial charge in [0.1, 0.15) is 11.5 Å². The molecule has 2 atom stereocenters. The van der Waals surface area contributed by atoms with Gasteiger partial charge < -0.3 is 15.0 Å². The lowest BCUT2D eigenvalue weighted by molar-refractivity contribution is 0.0852. The zero-order valence-electron chi connectivity index (χ0n) is 16.9. The van der Waals surface area contributed by atoms with E-state index < -0.39 is 23.8 Å². The first-order chi connectivity index (χ1) is 15.0. The van der Waals surface area contributed by atoms with Crippen molar-refractivity contribution in [3.05, 3.63) is 76.6 Å². The van der Waals surface area contributed by atoms with Crippen LogP contribution in [0.15, 0.2) is 42.5 Å². The van der Waals surface area contributed by atoms with Crippen molar-refractivity contribution in [3.8, 4) is 11.4 Å². The molecule has 1 amide bonds. The number of nitrogens with zero attached hydrogens (tertiary/aromatic N) is 2. The highest BCUT2D eigenvalue weighted by molar-refractivity contribution is 5.94. The van der Waals surface area contributed by atoms with Crippen LogP contribution in [0.25, 0.3) is 11.4 Å². The van der Waals surface area contributed by atoms with E-state index in [-0.39, 0.29) is 5.91 Å². The summed E-state index contributed by atoms with van der Waals surface area (Å²) in [6, 6.07) is 10.9. The molecule has 7 heteroatoms. The Morgan fingerprint density at radius 2 is 1.94 bits per heavy atom. The van der Waals surface area contributed by atoms with Gasteiger partial charge in [-0.05, 0) is 48.6 Å². The van der Waals surface area contributed by atoms with Gasteiger partial charge in [-0.25, -0.2) is 13.8 Å². The number of hydrogen-bond acceptors (Lipinski definition) is 3. The molecule has 1 aliphatic heterocycles. The molecule has 1 aromatic heterocycles. The number of aliphatic hydroxyl groups excluding tert-OH is 1. The highest BCUT2D eigenvalue weighted by atomic mass is 19.2. The summed E-state index contributed by atoms with van der Waals surface area (Å²) in [5, 5.41) is 13.5. The van der Waals surface area contributed by atoms with Gasteiger partial charge in [-0.15, -0.1) is 0 Å². The number of benzene rings is 2. The molecule has 2 N–H and O–H groups in total. The van der Waals surface area contributed by atoms with Crippen molar-refractivity contribution in [1.29, 1.82) is 0 Å². The SMILES string of the molecule is O=C(N[C@@H]1c2ccccc2C[C@H]1O)c1nc(-c2ccc(F)c(F)c2)n2c1CCCCC2. The maximum Gasteiger partial charge on any atom is 0.272 e. The monoisotopic (exact) mass is 423 g/mol. The predicted molar refractivity (Wildman–Crippen MR) is 111 cm³/mol. The topological polar surface area (TPSA) is 67.2 Å². The number of aliphatic hydroxyl groups is 1. The minimum atomic E-state index is -0.944. The van der Waals surface area contributed by atoms with E-state index in [2.05, 4.69) is 10.3 Å². The number of hydrogen-bond donors (Lipinski definition) is 2. The minimum Gasteiger partial charge on any atom is -0.390 e. The third-order valence-corrected chi connectivity index (χ3v) is 6.25. The largest absolute Gasteiger partial charge is 0.390 e. The Hall–Kier alpha value is -3.06. The van der Waals surface area contributed by atoms with Crippen LogP contribution in [0.5, 0.6) is 0 Å². The lowest BCUT2D eigenvalue weighted by Gasteiger charge is -2.17. The van der Waals surface area contributed by atoms with Crippen LogP contribution in [0.3, 0.4) is 0 Å². The fourth-order valence-electron chi connectivity index (χ4n) is 4.71. The van der Waals surface area contributed by atoms with Gasteiger partial charge in [0, 0.05) is 18.5 Å². The Bertz CT molecular complexity index is 1160. The van der Waals surface area contributed by atoms with E-state index in [0.29, 0.717) is 36.5 Å². The van der Waals surface area contributed by atoms with Gasteiger partial charge in [-0.2, -0.15) is 0 Å². The first-order valence-electron chi connectivity index (χ1n) is 10.6. The third kappa shape index (κ3) is 3.53. The lowest BCUT2D eigenvalue weighted by Crippen LogP contribution is -2.34. The van der Waals surface area contributed by atoms with Crippen LogP contribution in [0.1, 0.15) is 52.6 Å². The van der Waals surface area contributed by atoms with Gasteiger partial charge >= 0.3 is 0 Å². The summed E-state index contributed by atoms with van der Waals surface area (Å²) in [5.74, 6) is -1.76. The number of amides is 1. The molecule has 5 nitrogen and oxygen atoms in total. The highest BCUT2D eigenvalue weighted by Gasteiger charge is 2.34. The van der Waals surface area contributed by atoms with Gasteiger partial charge in [0.2, 0.25) is 0 Å². The number of carbonyl (C=O) groups is 1. The Morgan fingerprint density at radius 3 is 2.77 bits per heavy atom. The standard InChI is InChI=1S/C24H23F2N3O2/c25-17-10-9-15(12-18(17)26)23-27-22(19-8-2-1-5-11-29(19)23)24(31)28-21-16-7-4-3-6-14(16)13-20(21)30/h3-4,6-7,9-10,12,20-21,30H,1-2,5,8,11,13H2,(H,28,31)/t20-,21-/m1/s1. The van der Waals surface area contributed by atoms with Gasteiger partial charge in [-0.3, -0.25) is 4.79 Å². The van der Waals surface area contributed by atoms with Crippen molar-refractivity contribution in [2.75, 3.05) is 0 Å². The van der Waals surface area contributed by atoms with Crippen LogP contribution in [0.2, 0.25) is 0 Å². The van der Waals surface area contributed by atoms with Crippen LogP contribution >= 0.6 is 0 Å². The molecule has 31 heavy (non-hydrogen) atoms. The molecule has 0 unspecified atom stereocenters. The van der Waals surface area contributed by atoms with Gasteiger partial charge in [0.25, 0.3) is 5.91 Å². The minimum absolute atomic E-state index is 0.290. The molecule has 3 aromatic rings. The number of rotatable bonds is 3. The fourth-order valence-corrected chi connectivity index (χ4v) is 4.71. The molecule has 1 aliphatic carbocycles. The van der Waals surface area contributed by atoms with Gasteiger partial charge in [0.15, 0.2) is 11.6 Å². The Balaban J connectivity index is 1.52. The van der Waals surface area contributed by atoms with Crippen LogP contribution < -0.4 is 5.32 Å². The van der Waals surface area contributed by atoms with E-state index in [1.807, 2.05) is 28.8 Å². The second kappa shape index (κ2) is 7.89. The summed E-state index contributed by atoms with van der Waals surface area (Å²) in [6.45, 7) is 0.666. The zero-order valence-corrected chi connectivity index (χ0v) is 16.9. The van der Waals surface area contributed by atoms with E-state index in [1.165, 1.54) is 6.07 Å². The number of carbonyl (C=O) groups excluding carboxylic acids is 1. The quantitative estimate of drug-likeness (QED) is 0.671. The average Bonchev–Trinajstić information content (AvgIpc) is 3.16. The molecule has 0 bridgehead atoms. The van der Waals surface area contributed by atoms with E-state index in [1.54, 1.807) is 0 Å². The van der Waals surface area contributed by atoms with Crippen molar-refractivity contribution in [1.82, 2.24) is 14.9 Å². The predicted octanol–water partition coefficient (Wildman–Crippen LogP) is 3.94.